The van der Waals surface area contributed by atoms with E-state index in [4.69, 9.17) is 0 Å². The van der Waals surface area contributed by atoms with Gasteiger partial charge in [-0.3, -0.25) is 9.69 Å². The average molecular weight is 383 g/mol. The molecule has 2 rings (SSSR count). The standard InChI is InChI=1S/C17H17BrF2N2O/c1-2-22(10-12-6-4-3-5-7-12)11-16(23)21-17-14(18)8-13(19)9-15(17)20/h3-9H,2,10-11H2,1H3,(H,21,23). The zero-order valence-corrected chi connectivity index (χ0v) is 14.2. The first-order chi connectivity index (χ1) is 11.0. The van der Waals surface area contributed by atoms with Crippen molar-refractivity contribution in [3.05, 3.63) is 64.1 Å². The van der Waals surface area contributed by atoms with Crippen molar-refractivity contribution in [2.45, 2.75) is 13.5 Å². The van der Waals surface area contributed by atoms with Crippen LogP contribution in [0.15, 0.2) is 46.9 Å². The zero-order chi connectivity index (χ0) is 16.8. The molecule has 0 aliphatic rings. The summed E-state index contributed by atoms with van der Waals surface area (Å²) in [6, 6.07) is 11.6. The van der Waals surface area contributed by atoms with Crippen LogP contribution in [0.4, 0.5) is 14.5 Å². The maximum atomic E-state index is 13.7. The lowest BCUT2D eigenvalue weighted by Gasteiger charge is -2.20. The Bertz CT molecular complexity index is 657. The van der Waals surface area contributed by atoms with Crippen LogP contribution in [0, 0.1) is 11.6 Å². The number of likely N-dealkylation sites (N-methyl/N-ethyl adjacent to an activating group) is 1. The molecule has 0 aromatic heterocycles. The Balaban J connectivity index is 2.00. The summed E-state index contributed by atoms with van der Waals surface area (Å²) in [5.41, 5.74) is 1.04. The average Bonchev–Trinajstić information content (AvgIpc) is 2.51. The molecule has 1 amide bonds. The highest BCUT2D eigenvalue weighted by Crippen LogP contribution is 2.26. The van der Waals surface area contributed by atoms with E-state index in [1.165, 1.54) is 0 Å². The molecule has 0 aliphatic carbocycles. The van der Waals surface area contributed by atoms with Crippen molar-refractivity contribution in [2.75, 3.05) is 18.4 Å². The molecule has 0 radical (unpaired) electrons. The number of benzene rings is 2. The van der Waals surface area contributed by atoms with Crippen LogP contribution in [-0.4, -0.2) is 23.9 Å². The molecule has 0 saturated heterocycles. The van der Waals surface area contributed by atoms with Crippen LogP contribution in [0.25, 0.3) is 0 Å². The van der Waals surface area contributed by atoms with Gasteiger partial charge in [0.25, 0.3) is 0 Å². The van der Waals surface area contributed by atoms with E-state index >= 15 is 0 Å². The lowest BCUT2D eigenvalue weighted by molar-refractivity contribution is -0.117. The molecule has 2 aromatic carbocycles. The molecule has 6 heteroatoms. The molecule has 0 aliphatic heterocycles. The number of carbonyl (C=O) groups is 1. The number of amides is 1. The zero-order valence-electron chi connectivity index (χ0n) is 12.7. The molecule has 0 spiro atoms. The van der Waals surface area contributed by atoms with Crippen LogP contribution in [-0.2, 0) is 11.3 Å². The summed E-state index contributed by atoms with van der Waals surface area (Å²) in [5, 5.41) is 2.49. The van der Waals surface area contributed by atoms with Crippen LogP contribution >= 0.6 is 15.9 Å². The summed E-state index contributed by atoms with van der Waals surface area (Å²) in [5.74, 6) is -1.86. The van der Waals surface area contributed by atoms with E-state index in [0.29, 0.717) is 13.1 Å². The van der Waals surface area contributed by atoms with Crippen molar-refractivity contribution in [2.24, 2.45) is 0 Å². The second-order valence-corrected chi connectivity index (χ2v) is 5.94. The topological polar surface area (TPSA) is 32.3 Å². The van der Waals surface area contributed by atoms with Gasteiger partial charge in [0.15, 0.2) is 5.82 Å². The van der Waals surface area contributed by atoms with E-state index in [9.17, 15) is 13.6 Å². The van der Waals surface area contributed by atoms with E-state index in [0.717, 1.165) is 17.7 Å². The van der Waals surface area contributed by atoms with Gasteiger partial charge in [-0.05, 0) is 34.1 Å². The second-order valence-electron chi connectivity index (χ2n) is 5.08. The number of anilines is 1. The molecule has 0 unspecified atom stereocenters. The van der Waals surface area contributed by atoms with Crippen molar-refractivity contribution < 1.29 is 13.6 Å². The molecule has 2 aromatic rings. The Kier molecular flexibility index (Phi) is 6.24. The van der Waals surface area contributed by atoms with Crippen molar-refractivity contribution >= 4 is 27.5 Å². The van der Waals surface area contributed by atoms with Crippen LogP contribution in [0.5, 0.6) is 0 Å². The highest BCUT2D eigenvalue weighted by molar-refractivity contribution is 9.10. The van der Waals surface area contributed by atoms with E-state index in [2.05, 4.69) is 21.2 Å². The summed E-state index contributed by atoms with van der Waals surface area (Å²) < 4.78 is 27.0. The van der Waals surface area contributed by atoms with Gasteiger partial charge in [-0.25, -0.2) is 8.78 Å². The van der Waals surface area contributed by atoms with E-state index in [1.54, 1.807) is 0 Å². The van der Waals surface area contributed by atoms with Gasteiger partial charge in [0.05, 0.1) is 12.2 Å². The number of nitrogens with one attached hydrogen (secondary N) is 1. The lowest BCUT2D eigenvalue weighted by Crippen LogP contribution is -2.33. The molecule has 122 valence electrons. The van der Waals surface area contributed by atoms with E-state index in [-0.39, 0.29) is 22.6 Å². The van der Waals surface area contributed by atoms with Crippen LogP contribution in [0.3, 0.4) is 0 Å². The van der Waals surface area contributed by atoms with Gasteiger partial charge >= 0.3 is 0 Å². The summed E-state index contributed by atoms with van der Waals surface area (Å²) in [6.45, 7) is 3.37. The summed E-state index contributed by atoms with van der Waals surface area (Å²) in [7, 11) is 0. The number of carbonyl (C=O) groups excluding carboxylic acids is 1. The molecule has 0 saturated carbocycles. The third-order valence-electron chi connectivity index (χ3n) is 3.33. The van der Waals surface area contributed by atoms with Gasteiger partial charge in [-0.1, -0.05) is 37.3 Å². The number of nitrogens with zero attached hydrogens (tertiary/aromatic N) is 1. The third-order valence-corrected chi connectivity index (χ3v) is 3.96. The first-order valence-electron chi connectivity index (χ1n) is 7.20. The van der Waals surface area contributed by atoms with Gasteiger partial charge in [-0.15, -0.1) is 0 Å². The predicted molar refractivity (Wildman–Crippen MR) is 90.1 cm³/mol. The van der Waals surface area contributed by atoms with E-state index < -0.39 is 11.6 Å². The number of hydrogen-bond donors (Lipinski definition) is 1. The SMILES string of the molecule is CCN(CC(=O)Nc1c(F)cc(F)cc1Br)Cc1ccccc1. The Labute approximate surface area is 142 Å². The van der Waals surface area contributed by atoms with Gasteiger partial charge in [0.2, 0.25) is 5.91 Å². The second kappa shape index (κ2) is 8.17. The first kappa shape index (κ1) is 17.6. The molecule has 0 fully saturated rings. The number of halogens is 3. The Morgan fingerprint density at radius 1 is 1.22 bits per heavy atom. The number of hydrogen-bond acceptors (Lipinski definition) is 2. The lowest BCUT2D eigenvalue weighted by atomic mass is 10.2. The molecule has 0 bridgehead atoms. The number of rotatable bonds is 6. The van der Waals surface area contributed by atoms with Crippen molar-refractivity contribution in [1.82, 2.24) is 4.90 Å². The minimum atomic E-state index is -0.809. The Hall–Kier alpha value is -1.79. The van der Waals surface area contributed by atoms with Crippen molar-refractivity contribution in [3.8, 4) is 0 Å². The fourth-order valence-electron chi connectivity index (χ4n) is 2.16. The van der Waals surface area contributed by atoms with Crippen molar-refractivity contribution in [3.63, 3.8) is 0 Å². The van der Waals surface area contributed by atoms with Gasteiger partial charge in [-0.2, -0.15) is 0 Å². The quantitative estimate of drug-likeness (QED) is 0.812. The molecular formula is C17H17BrF2N2O. The maximum Gasteiger partial charge on any atom is 0.238 e. The summed E-state index contributed by atoms with van der Waals surface area (Å²) in [4.78, 5) is 14.1. The minimum Gasteiger partial charge on any atom is -0.322 e. The Morgan fingerprint density at radius 2 is 1.91 bits per heavy atom. The molecular weight excluding hydrogens is 366 g/mol. The molecule has 0 heterocycles. The summed E-state index contributed by atoms with van der Waals surface area (Å²) in [6.07, 6.45) is 0. The third kappa shape index (κ3) is 5.11. The van der Waals surface area contributed by atoms with Gasteiger partial charge in [0.1, 0.15) is 5.82 Å². The Morgan fingerprint density at radius 3 is 2.52 bits per heavy atom. The highest BCUT2D eigenvalue weighted by Gasteiger charge is 2.15. The van der Waals surface area contributed by atoms with Crippen LogP contribution in [0.1, 0.15) is 12.5 Å². The predicted octanol–water partition coefficient (Wildman–Crippen LogP) is 4.19. The summed E-state index contributed by atoms with van der Waals surface area (Å²) >= 11 is 3.06. The maximum absolute atomic E-state index is 13.7. The molecule has 0 atom stereocenters. The normalized spacial score (nSPS) is 10.8. The smallest absolute Gasteiger partial charge is 0.238 e. The van der Waals surface area contributed by atoms with Crippen LogP contribution in [0.2, 0.25) is 0 Å². The van der Waals surface area contributed by atoms with Crippen LogP contribution < -0.4 is 5.32 Å². The largest absolute Gasteiger partial charge is 0.322 e. The molecule has 23 heavy (non-hydrogen) atoms. The van der Waals surface area contributed by atoms with Gasteiger partial charge < -0.3 is 5.32 Å². The highest BCUT2D eigenvalue weighted by atomic mass is 79.9. The van der Waals surface area contributed by atoms with E-state index in [1.807, 2.05) is 42.2 Å². The fraction of sp³-hybridized carbons (Fsp3) is 0.235. The fourth-order valence-corrected chi connectivity index (χ4v) is 2.67. The minimum absolute atomic E-state index is 0.0489. The molecule has 3 nitrogen and oxygen atoms in total. The monoisotopic (exact) mass is 382 g/mol. The molecule has 1 N–H and O–H groups in total. The first-order valence-corrected chi connectivity index (χ1v) is 7.99. The van der Waals surface area contributed by atoms with Gasteiger partial charge in [0, 0.05) is 17.1 Å². The van der Waals surface area contributed by atoms with Crippen molar-refractivity contribution in [1.29, 1.82) is 0 Å².